The zero-order valence-electron chi connectivity index (χ0n) is 7.26. The van der Waals surface area contributed by atoms with Crippen LogP contribution in [0, 0.1) is 6.20 Å². The van der Waals surface area contributed by atoms with Crippen LogP contribution < -0.4 is 0 Å². The molecule has 0 amide bonds. The topological polar surface area (TPSA) is 12.9 Å². The summed E-state index contributed by atoms with van der Waals surface area (Å²) in [4.78, 5) is 4.12. The van der Waals surface area contributed by atoms with Gasteiger partial charge in [-0.05, 0) is 5.41 Å². The molecule has 0 atom stereocenters. The molecule has 0 saturated heterocycles. The number of pyridine rings is 1. The summed E-state index contributed by atoms with van der Waals surface area (Å²) in [7, 11) is 0. The van der Waals surface area contributed by atoms with E-state index in [1.807, 2.05) is 18.2 Å². The molecule has 0 saturated carbocycles. The molecule has 57 valence electrons. The average molecular weight is 223 g/mol. The number of aromatic nitrogens is 1. The minimum Gasteiger partial charge on any atom is -0.390 e. The van der Waals surface area contributed by atoms with E-state index in [4.69, 9.17) is 0 Å². The van der Waals surface area contributed by atoms with Gasteiger partial charge in [-0.2, -0.15) is 18.2 Å². The van der Waals surface area contributed by atoms with Crippen LogP contribution >= 0.6 is 0 Å². The van der Waals surface area contributed by atoms with Gasteiger partial charge >= 0.3 is 0 Å². The second kappa shape index (κ2) is 4.32. The maximum Gasteiger partial charge on any atom is 0 e. The molecular formula is C9H12NY-. The minimum absolute atomic E-state index is 0. The van der Waals surface area contributed by atoms with Crippen molar-refractivity contribution in [1.82, 2.24) is 4.98 Å². The molecule has 1 heterocycles. The van der Waals surface area contributed by atoms with E-state index in [1.165, 1.54) is 0 Å². The molecule has 0 bridgehead atoms. The largest absolute Gasteiger partial charge is 0.390 e. The zero-order valence-corrected chi connectivity index (χ0v) is 10.1. The molecule has 0 aliphatic carbocycles. The third-order valence-electron chi connectivity index (χ3n) is 1.38. The summed E-state index contributed by atoms with van der Waals surface area (Å²) in [5.74, 6) is 0. The summed E-state index contributed by atoms with van der Waals surface area (Å²) in [5, 5.41) is 0. The van der Waals surface area contributed by atoms with E-state index in [-0.39, 0.29) is 38.1 Å². The van der Waals surface area contributed by atoms with Crippen LogP contribution in [-0.2, 0) is 38.1 Å². The fourth-order valence-electron chi connectivity index (χ4n) is 0.744. The first kappa shape index (κ1) is 11.3. The summed E-state index contributed by atoms with van der Waals surface area (Å²) in [6, 6.07) is 5.80. The van der Waals surface area contributed by atoms with Crippen molar-refractivity contribution in [1.29, 1.82) is 0 Å². The molecule has 0 aliphatic heterocycles. The van der Waals surface area contributed by atoms with E-state index in [0.717, 1.165) is 5.69 Å². The number of hydrogen-bond donors (Lipinski definition) is 0. The Morgan fingerprint density at radius 3 is 2.27 bits per heavy atom. The SMILES string of the molecule is CC(C)(C)c1ccc[c-]n1.[Y]. The minimum atomic E-state index is 0. The van der Waals surface area contributed by atoms with Crippen molar-refractivity contribution < 1.29 is 32.7 Å². The normalized spacial score (nSPS) is 10.5. The Bertz CT molecular complexity index is 201. The van der Waals surface area contributed by atoms with Crippen LogP contribution in [0.4, 0.5) is 0 Å². The van der Waals surface area contributed by atoms with Gasteiger partial charge in [0.2, 0.25) is 0 Å². The number of hydrogen-bond acceptors (Lipinski definition) is 1. The van der Waals surface area contributed by atoms with Crippen LogP contribution in [0.15, 0.2) is 18.2 Å². The smallest absolute Gasteiger partial charge is 0 e. The first-order chi connectivity index (χ1) is 4.61. The molecule has 0 unspecified atom stereocenters. The van der Waals surface area contributed by atoms with Crippen LogP contribution in [0.25, 0.3) is 0 Å². The number of rotatable bonds is 0. The van der Waals surface area contributed by atoms with Crippen molar-refractivity contribution in [3.05, 3.63) is 30.1 Å². The molecule has 0 aliphatic rings. The van der Waals surface area contributed by atoms with Gasteiger partial charge in [-0.15, -0.1) is 0 Å². The van der Waals surface area contributed by atoms with Gasteiger partial charge in [0.15, 0.2) is 0 Å². The van der Waals surface area contributed by atoms with Crippen LogP contribution in [-0.4, -0.2) is 4.98 Å². The van der Waals surface area contributed by atoms with E-state index in [1.54, 1.807) is 0 Å². The molecule has 1 radical (unpaired) electrons. The molecule has 0 aromatic carbocycles. The summed E-state index contributed by atoms with van der Waals surface area (Å²) < 4.78 is 0. The van der Waals surface area contributed by atoms with Crippen molar-refractivity contribution in [2.24, 2.45) is 0 Å². The van der Waals surface area contributed by atoms with Gasteiger partial charge in [0, 0.05) is 32.7 Å². The first-order valence-electron chi connectivity index (χ1n) is 3.44. The van der Waals surface area contributed by atoms with E-state index in [9.17, 15) is 0 Å². The van der Waals surface area contributed by atoms with Gasteiger partial charge in [0.05, 0.1) is 0 Å². The third-order valence-corrected chi connectivity index (χ3v) is 1.38. The van der Waals surface area contributed by atoms with E-state index < -0.39 is 0 Å². The standard InChI is InChI=1S/C9H12N.Y/c1-9(2,3)8-6-4-5-7-10-8;/h4-6H,1-3H3;/q-1;. The Labute approximate surface area is 93.5 Å². The monoisotopic (exact) mass is 223 g/mol. The quantitative estimate of drug-likeness (QED) is 0.614. The fraction of sp³-hybridized carbons (Fsp3) is 0.444. The molecule has 0 fully saturated rings. The molecular weight excluding hydrogens is 211 g/mol. The fourth-order valence-corrected chi connectivity index (χ4v) is 0.744. The van der Waals surface area contributed by atoms with Gasteiger partial charge in [0.25, 0.3) is 0 Å². The van der Waals surface area contributed by atoms with Crippen molar-refractivity contribution in [2.75, 3.05) is 0 Å². The summed E-state index contributed by atoms with van der Waals surface area (Å²) in [6.07, 6.45) is 2.82. The maximum atomic E-state index is 4.12. The average Bonchev–Trinajstić information content (AvgIpc) is 1.88. The van der Waals surface area contributed by atoms with Crippen LogP contribution in [0.2, 0.25) is 0 Å². The van der Waals surface area contributed by atoms with Gasteiger partial charge in [-0.1, -0.05) is 32.7 Å². The molecule has 0 spiro atoms. The molecule has 1 nitrogen and oxygen atoms in total. The predicted octanol–water partition coefficient (Wildman–Crippen LogP) is 2.18. The van der Waals surface area contributed by atoms with Gasteiger partial charge in [-0.25, -0.2) is 0 Å². The van der Waals surface area contributed by atoms with Crippen molar-refractivity contribution in [2.45, 2.75) is 26.2 Å². The Balaban J connectivity index is 0.000001000. The summed E-state index contributed by atoms with van der Waals surface area (Å²) in [5.41, 5.74) is 1.24. The second-order valence-electron chi connectivity index (χ2n) is 3.40. The molecule has 1 aromatic heterocycles. The van der Waals surface area contributed by atoms with Crippen molar-refractivity contribution in [3.63, 3.8) is 0 Å². The van der Waals surface area contributed by atoms with E-state index in [0.29, 0.717) is 0 Å². The maximum absolute atomic E-state index is 4.12. The third kappa shape index (κ3) is 3.44. The summed E-state index contributed by atoms with van der Waals surface area (Å²) >= 11 is 0. The Hall–Kier alpha value is 0.254. The zero-order chi connectivity index (χ0) is 7.61. The van der Waals surface area contributed by atoms with Gasteiger partial charge < -0.3 is 4.98 Å². The van der Waals surface area contributed by atoms with E-state index in [2.05, 4.69) is 32.0 Å². The van der Waals surface area contributed by atoms with Crippen LogP contribution in [0.1, 0.15) is 26.5 Å². The predicted molar refractivity (Wildman–Crippen MR) is 41.8 cm³/mol. The first-order valence-corrected chi connectivity index (χ1v) is 3.44. The van der Waals surface area contributed by atoms with Crippen LogP contribution in [0.5, 0.6) is 0 Å². The summed E-state index contributed by atoms with van der Waals surface area (Å²) in [6.45, 7) is 6.43. The Morgan fingerprint density at radius 1 is 1.36 bits per heavy atom. The molecule has 0 N–H and O–H groups in total. The molecule has 2 heteroatoms. The van der Waals surface area contributed by atoms with E-state index >= 15 is 0 Å². The Morgan fingerprint density at radius 2 is 2.00 bits per heavy atom. The molecule has 11 heavy (non-hydrogen) atoms. The van der Waals surface area contributed by atoms with Gasteiger partial charge in [0.1, 0.15) is 0 Å². The van der Waals surface area contributed by atoms with Crippen LogP contribution in [0.3, 0.4) is 0 Å². The Kier molecular flexibility index (Phi) is 4.42. The van der Waals surface area contributed by atoms with Crippen molar-refractivity contribution in [3.8, 4) is 0 Å². The molecule has 1 aromatic rings. The molecule has 1 rings (SSSR count). The number of nitrogens with zero attached hydrogens (tertiary/aromatic N) is 1. The van der Waals surface area contributed by atoms with Gasteiger partial charge in [-0.3, -0.25) is 0 Å². The second-order valence-corrected chi connectivity index (χ2v) is 3.40. The van der Waals surface area contributed by atoms with Crippen molar-refractivity contribution >= 4 is 0 Å².